The van der Waals surface area contributed by atoms with Gasteiger partial charge in [0.15, 0.2) is 6.29 Å². The molecule has 1 unspecified atom stereocenters. The van der Waals surface area contributed by atoms with Gasteiger partial charge in [-0.15, -0.1) is 0 Å². The second-order valence-corrected chi connectivity index (χ2v) is 8.62. The molecule has 28 heavy (non-hydrogen) atoms. The highest BCUT2D eigenvalue weighted by Crippen LogP contribution is 2.19. The summed E-state index contributed by atoms with van der Waals surface area (Å²) in [5.74, 6) is 0. The fourth-order valence-corrected chi connectivity index (χ4v) is 3.62. The van der Waals surface area contributed by atoms with Gasteiger partial charge in [-0.3, -0.25) is 9.80 Å². The lowest BCUT2D eigenvalue weighted by Crippen LogP contribution is -2.64. The molecule has 1 aromatic rings. The van der Waals surface area contributed by atoms with Gasteiger partial charge in [-0.1, -0.05) is 30.3 Å². The molecule has 7 nitrogen and oxygen atoms in total. The van der Waals surface area contributed by atoms with Crippen LogP contribution in [0.1, 0.15) is 26.3 Å². The van der Waals surface area contributed by atoms with E-state index in [1.165, 1.54) is 0 Å². The Labute approximate surface area is 167 Å². The molecule has 0 aliphatic carbocycles. The van der Waals surface area contributed by atoms with Gasteiger partial charge in [0.25, 0.3) is 0 Å². The Morgan fingerprint density at radius 2 is 1.79 bits per heavy atom. The summed E-state index contributed by atoms with van der Waals surface area (Å²) in [6.07, 6.45) is -0.994. The van der Waals surface area contributed by atoms with Crippen molar-refractivity contribution in [3.8, 4) is 0 Å². The van der Waals surface area contributed by atoms with Gasteiger partial charge in [0.2, 0.25) is 0 Å². The van der Waals surface area contributed by atoms with Crippen molar-refractivity contribution in [2.75, 3.05) is 45.8 Å². The number of aliphatic hydroxyl groups excluding tert-OH is 1. The molecule has 1 N–H and O–H groups in total. The molecular formula is C21H33N3O4. The van der Waals surface area contributed by atoms with E-state index in [0.717, 1.165) is 44.8 Å². The predicted molar refractivity (Wildman–Crippen MR) is 107 cm³/mol. The van der Waals surface area contributed by atoms with Crippen molar-refractivity contribution < 1.29 is 19.4 Å². The van der Waals surface area contributed by atoms with Crippen molar-refractivity contribution in [2.45, 2.75) is 45.3 Å². The molecule has 156 valence electrons. The monoisotopic (exact) mass is 391 g/mol. The largest absolute Gasteiger partial charge is 0.445 e. The molecule has 1 aromatic carbocycles. The Bertz CT molecular complexity index is 620. The van der Waals surface area contributed by atoms with Crippen LogP contribution < -0.4 is 0 Å². The van der Waals surface area contributed by atoms with Gasteiger partial charge < -0.3 is 19.5 Å². The molecule has 2 aliphatic heterocycles. The molecule has 2 fully saturated rings. The predicted octanol–water partition coefficient (Wildman–Crippen LogP) is 1.76. The number of likely N-dealkylation sites (tertiary alicyclic amines) is 1. The Balaban J connectivity index is 1.32. The van der Waals surface area contributed by atoms with Crippen LogP contribution in [0.5, 0.6) is 0 Å². The van der Waals surface area contributed by atoms with E-state index >= 15 is 0 Å². The molecular weight excluding hydrogens is 358 g/mol. The number of benzene rings is 1. The molecule has 0 spiro atoms. The highest BCUT2D eigenvalue weighted by atomic mass is 16.6. The van der Waals surface area contributed by atoms with Gasteiger partial charge in [0, 0.05) is 51.9 Å². The SMILES string of the molecule is CC(C)(C)OC(O)CN1CCN(C2CN(C(=O)OCc3ccccc3)C2)CC1. The maximum absolute atomic E-state index is 12.1. The van der Waals surface area contributed by atoms with Crippen molar-refractivity contribution >= 4 is 6.09 Å². The number of nitrogens with zero attached hydrogens (tertiary/aromatic N) is 3. The topological polar surface area (TPSA) is 65.5 Å². The van der Waals surface area contributed by atoms with Crippen LogP contribution >= 0.6 is 0 Å². The standard InChI is InChI=1S/C21H33N3O4/c1-21(2,3)28-19(25)15-22-9-11-23(12-10-22)18-13-24(14-18)20(26)27-16-17-7-5-4-6-8-17/h4-8,18-19,25H,9-16H2,1-3H3. The van der Waals surface area contributed by atoms with Gasteiger partial charge in [-0.25, -0.2) is 4.79 Å². The minimum atomic E-state index is -0.759. The highest BCUT2D eigenvalue weighted by molar-refractivity contribution is 5.68. The first-order valence-electron chi connectivity index (χ1n) is 10.1. The summed E-state index contributed by atoms with van der Waals surface area (Å²) in [6.45, 7) is 11.8. The number of carbonyl (C=O) groups is 1. The third-order valence-electron chi connectivity index (χ3n) is 5.15. The fourth-order valence-electron chi connectivity index (χ4n) is 3.62. The van der Waals surface area contributed by atoms with Crippen molar-refractivity contribution in [1.82, 2.24) is 14.7 Å². The van der Waals surface area contributed by atoms with Crippen LogP contribution in [0.25, 0.3) is 0 Å². The lowest BCUT2D eigenvalue weighted by Gasteiger charge is -2.47. The second-order valence-electron chi connectivity index (χ2n) is 8.62. The van der Waals surface area contributed by atoms with Gasteiger partial charge in [0.1, 0.15) is 6.61 Å². The van der Waals surface area contributed by atoms with Crippen molar-refractivity contribution in [1.29, 1.82) is 0 Å². The lowest BCUT2D eigenvalue weighted by atomic mass is 10.1. The van der Waals surface area contributed by atoms with Crippen LogP contribution in [0, 0.1) is 0 Å². The van der Waals surface area contributed by atoms with Crippen LogP contribution in [0.4, 0.5) is 4.79 Å². The number of β-amino-alcohol motifs (C(OH)–C–C–N with tert-alkyl or cyclic N) is 1. The number of piperazine rings is 1. The molecule has 0 bridgehead atoms. The maximum Gasteiger partial charge on any atom is 0.410 e. The van der Waals surface area contributed by atoms with E-state index in [1.54, 1.807) is 4.90 Å². The molecule has 2 saturated heterocycles. The fraction of sp³-hybridized carbons (Fsp3) is 0.667. The molecule has 0 saturated carbocycles. The van der Waals surface area contributed by atoms with E-state index in [1.807, 2.05) is 51.1 Å². The normalized spacial score (nSPS) is 20.6. The van der Waals surface area contributed by atoms with Crippen LogP contribution in [0.3, 0.4) is 0 Å². The molecule has 1 atom stereocenters. The van der Waals surface area contributed by atoms with Gasteiger partial charge in [0.05, 0.1) is 5.60 Å². The average Bonchev–Trinajstić information content (AvgIpc) is 2.59. The Kier molecular flexibility index (Phi) is 6.93. The molecule has 2 aliphatic rings. The summed E-state index contributed by atoms with van der Waals surface area (Å²) in [6, 6.07) is 10.1. The smallest absolute Gasteiger partial charge is 0.410 e. The molecule has 1 amide bonds. The maximum atomic E-state index is 12.1. The molecule has 3 rings (SSSR count). The zero-order chi connectivity index (χ0) is 20.1. The lowest BCUT2D eigenvalue weighted by molar-refractivity contribution is -0.176. The molecule has 2 heterocycles. The number of hydrogen-bond donors (Lipinski definition) is 1. The number of rotatable bonds is 6. The summed E-state index contributed by atoms with van der Waals surface area (Å²) >= 11 is 0. The number of aliphatic hydroxyl groups is 1. The van der Waals surface area contributed by atoms with Gasteiger partial charge in [-0.2, -0.15) is 0 Å². The van der Waals surface area contributed by atoms with Crippen LogP contribution in [0.2, 0.25) is 0 Å². The van der Waals surface area contributed by atoms with Crippen molar-refractivity contribution in [2.24, 2.45) is 0 Å². The van der Waals surface area contributed by atoms with E-state index in [4.69, 9.17) is 9.47 Å². The number of ether oxygens (including phenoxy) is 2. The minimum Gasteiger partial charge on any atom is -0.445 e. The van der Waals surface area contributed by atoms with E-state index in [-0.39, 0.29) is 11.7 Å². The number of amides is 1. The molecule has 0 aromatic heterocycles. The van der Waals surface area contributed by atoms with Crippen LogP contribution in [-0.2, 0) is 16.1 Å². The van der Waals surface area contributed by atoms with E-state index in [2.05, 4.69) is 9.80 Å². The third-order valence-corrected chi connectivity index (χ3v) is 5.15. The highest BCUT2D eigenvalue weighted by Gasteiger charge is 2.37. The zero-order valence-corrected chi connectivity index (χ0v) is 17.2. The number of hydrogen-bond acceptors (Lipinski definition) is 6. The zero-order valence-electron chi connectivity index (χ0n) is 17.2. The summed E-state index contributed by atoms with van der Waals surface area (Å²) in [4.78, 5) is 18.6. The van der Waals surface area contributed by atoms with E-state index < -0.39 is 6.29 Å². The van der Waals surface area contributed by atoms with E-state index in [9.17, 15) is 9.90 Å². The van der Waals surface area contributed by atoms with Crippen LogP contribution in [-0.4, -0.2) is 89.6 Å². The van der Waals surface area contributed by atoms with Gasteiger partial charge in [-0.05, 0) is 26.3 Å². The number of carbonyl (C=O) groups excluding carboxylic acids is 1. The summed E-state index contributed by atoms with van der Waals surface area (Å²) in [7, 11) is 0. The first-order valence-corrected chi connectivity index (χ1v) is 10.1. The quantitative estimate of drug-likeness (QED) is 0.746. The Morgan fingerprint density at radius 1 is 1.14 bits per heavy atom. The Hall–Kier alpha value is -1.67. The first kappa shape index (κ1) is 21.0. The van der Waals surface area contributed by atoms with Crippen molar-refractivity contribution in [3.63, 3.8) is 0 Å². The van der Waals surface area contributed by atoms with Crippen LogP contribution in [0.15, 0.2) is 30.3 Å². The van der Waals surface area contributed by atoms with Gasteiger partial charge >= 0.3 is 6.09 Å². The third kappa shape index (κ3) is 6.17. The summed E-state index contributed by atoms with van der Waals surface area (Å²) in [5.41, 5.74) is 0.660. The van der Waals surface area contributed by atoms with E-state index in [0.29, 0.717) is 19.2 Å². The molecule has 0 radical (unpaired) electrons. The summed E-state index contributed by atoms with van der Waals surface area (Å²) < 4.78 is 11.0. The molecule has 7 heteroatoms. The Morgan fingerprint density at radius 3 is 2.39 bits per heavy atom. The summed E-state index contributed by atoms with van der Waals surface area (Å²) in [5, 5.41) is 10.1. The van der Waals surface area contributed by atoms with Crippen molar-refractivity contribution in [3.05, 3.63) is 35.9 Å². The average molecular weight is 392 g/mol. The first-order chi connectivity index (χ1) is 13.3. The second kappa shape index (κ2) is 9.22. The minimum absolute atomic E-state index is 0.235.